The summed E-state index contributed by atoms with van der Waals surface area (Å²) in [6, 6.07) is 5.58. The zero-order valence-electron chi connectivity index (χ0n) is 5.76. The molecule has 0 aliphatic heterocycles. The molecule has 0 N–H and O–H groups in total. The number of benzene rings is 1. The zero-order valence-corrected chi connectivity index (χ0v) is 5.76. The Labute approximate surface area is 63.3 Å². The third kappa shape index (κ3) is 2.53. The second kappa shape index (κ2) is 3.32. The van der Waals surface area contributed by atoms with Crippen LogP contribution >= 0.6 is 0 Å². The molecule has 0 aromatic heterocycles. The maximum Gasteiger partial charge on any atom is 0.242 e. The smallest absolute Gasteiger partial charge is 0.242 e. The highest BCUT2D eigenvalue weighted by Gasteiger charge is 2.04. The number of rotatable bonds is 2. The van der Waals surface area contributed by atoms with E-state index in [2.05, 4.69) is 0 Å². The molecule has 0 saturated heterocycles. The summed E-state index contributed by atoms with van der Waals surface area (Å²) in [7, 11) is 0. The van der Waals surface area contributed by atoms with Gasteiger partial charge in [0.1, 0.15) is 0 Å². The molecule has 11 heavy (non-hydrogen) atoms. The van der Waals surface area contributed by atoms with Crippen molar-refractivity contribution in [2.24, 2.45) is 0 Å². The van der Waals surface area contributed by atoms with Gasteiger partial charge < -0.3 is 0 Å². The van der Waals surface area contributed by atoms with Gasteiger partial charge in [-0.3, -0.25) is 5.11 Å². The van der Waals surface area contributed by atoms with Crippen LogP contribution < -0.4 is 0 Å². The van der Waals surface area contributed by atoms with Gasteiger partial charge in [0, 0.05) is 6.42 Å². The summed E-state index contributed by atoms with van der Waals surface area (Å²) < 4.78 is 23.5. The first-order chi connectivity index (χ1) is 5.18. The highest BCUT2D eigenvalue weighted by Crippen LogP contribution is 2.14. The van der Waals surface area contributed by atoms with Crippen LogP contribution in [0.15, 0.2) is 24.3 Å². The molecule has 0 heterocycles. The Kier molecular flexibility index (Phi) is 2.41. The molecule has 1 radical (unpaired) electrons. The molecule has 0 bridgehead atoms. The standard InChI is InChI=1S/C8H7F2O/c9-8(10)5-6-2-1-3-7(11)4-6/h1-4,8H,5H2. The summed E-state index contributed by atoms with van der Waals surface area (Å²) in [5.74, 6) is -0.219. The number of hydrogen-bond donors (Lipinski definition) is 0. The van der Waals surface area contributed by atoms with E-state index in [0.29, 0.717) is 5.56 Å². The number of hydrogen-bond acceptors (Lipinski definition) is 0. The minimum Gasteiger partial charge on any atom is -0.290 e. The molecule has 0 spiro atoms. The van der Waals surface area contributed by atoms with Gasteiger partial charge in [0.25, 0.3) is 0 Å². The first-order valence-corrected chi connectivity index (χ1v) is 3.22. The van der Waals surface area contributed by atoms with E-state index in [4.69, 9.17) is 0 Å². The molecule has 1 aromatic rings. The molecule has 59 valence electrons. The molecule has 0 saturated carbocycles. The van der Waals surface area contributed by atoms with Crippen LogP contribution in [0.3, 0.4) is 0 Å². The van der Waals surface area contributed by atoms with Crippen molar-refractivity contribution in [3.05, 3.63) is 29.8 Å². The highest BCUT2D eigenvalue weighted by atomic mass is 19.3. The molecule has 0 atom stereocenters. The predicted octanol–water partition coefficient (Wildman–Crippen LogP) is 2.64. The van der Waals surface area contributed by atoms with Crippen LogP contribution in [0.2, 0.25) is 0 Å². The molecule has 1 rings (SSSR count). The van der Waals surface area contributed by atoms with Crippen molar-refractivity contribution in [1.82, 2.24) is 0 Å². The maximum absolute atomic E-state index is 11.8. The summed E-state index contributed by atoms with van der Waals surface area (Å²) >= 11 is 0. The largest absolute Gasteiger partial charge is 0.290 e. The van der Waals surface area contributed by atoms with Crippen LogP contribution in [-0.4, -0.2) is 6.43 Å². The highest BCUT2D eigenvalue weighted by molar-refractivity contribution is 5.27. The van der Waals surface area contributed by atoms with Crippen molar-refractivity contribution in [3.63, 3.8) is 0 Å². The molecular formula is C8H7F2O. The fourth-order valence-electron chi connectivity index (χ4n) is 0.851. The van der Waals surface area contributed by atoms with Gasteiger partial charge >= 0.3 is 0 Å². The quantitative estimate of drug-likeness (QED) is 0.628. The van der Waals surface area contributed by atoms with Crippen molar-refractivity contribution in [2.75, 3.05) is 0 Å². The Balaban J connectivity index is 2.71. The molecule has 0 unspecified atom stereocenters. The van der Waals surface area contributed by atoms with E-state index in [9.17, 15) is 13.9 Å². The first-order valence-electron chi connectivity index (χ1n) is 3.22. The molecular weight excluding hydrogens is 150 g/mol. The van der Waals surface area contributed by atoms with Crippen molar-refractivity contribution < 1.29 is 13.9 Å². The van der Waals surface area contributed by atoms with Crippen molar-refractivity contribution in [3.8, 4) is 5.75 Å². The van der Waals surface area contributed by atoms with E-state index < -0.39 is 6.43 Å². The Morgan fingerprint density at radius 1 is 1.36 bits per heavy atom. The molecule has 1 nitrogen and oxygen atoms in total. The Hall–Kier alpha value is -1.12. The lowest BCUT2D eigenvalue weighted by Gasteiger charge is -1.98. The van der Waals surface area contributed by atoms with E-state index in [-0.39, 0.29) is 12.2 Å². The van der Waals surface area contributed by atoms with Gasteiger partial charge in [-0.25, -0.2) is 8.78 Å². The summed E-state index contributed by atoms with van der Waals surface area (Å²) in [4.78, 5) is 0. The van der Waals surface area contributed by atoms with E-state index in [0.717, 1.165) is 0 Å². The van der Waals surface area contributed by atoms with Crippen LogP contribution in [0, 0.1) is 0 Å². The zero-order chi connectivity index (χ0) is 8.27. The third-order valence-electron chi connectivity index (χ3n) is 1.29. The number of halogens is 2. The van der Waals surface area contributed by atoms with E-state index in [1.807, 2.05) is 0 Å². The minimum absolute atomic E-state index is 0.219. The van der Waals surface area contributed by atoms with Crippen LogP contribution in [-0.2, 0) is 11.5 Å². The van der Waals surface area contributed by atoms with Crippen LogP contribution in [0.25, 0.3) is 0 Å². The third-order valence-corrected chi connectivity index (χ3v) is 1.29. The molecule has 3 heteroatoms. The molecule has 1 aromatic carbocycles. The monoisotopic (exact) mass is 157 g/mol. The molecule has 0 aliphatic rings. The molecule has 0 amide bonds. The maximum atomic E-state index is 11.8. The summed E-state index contributed by atoms with van der Waals surface area (Å²) in [5, 5.41) is 10.6. The van der Waals surface area contributed by atoms with Crippen molar-refractivity contribution in [1.29, 1.82) is 0 Å². The lowest BCUT2D eigenvalue weighted by atomic mass is 10.1. The van der Waals surface area contributed by atoms with Gasteiger partial charge in [0.05, 0.1) is 0 Å². The van der Waals surface area contributed by atoms with Crippen LogP contribution in [0.1, 0.15) is 5.56 Å². The van der Waals surface area contributed by atoms with Crippen LogP contribution in [0.5, 0.6) is 5.75 Å². The molecule has 0 fully saturated rings. The van der Waals surface area contributed by atoms with Gasteiger partial charge in [0.15, 0.2) is 5.75 Å². The first kappa shape index (κ1) is 7.98. The Morgan fingerprint density at radius 2 is 2.09 bits per heavy atom. The van der Waals surface area contributed by atoms with Gasteiger partial charge in [-0.2, -0.15) is 0 Å². The second-order valence-electron chi connectivity index (χ2n) is 2.24. The van der Waals surface area contributed by atoms with Crippen molar-refractivity contribution in [2.45, 2.75) is 12.8 Å². The van der Waals surface area contributed by atoms with E-state index in [1.54, 1.807) is 0 Å². The Morgan fingerprint density at radius 3 is 2.64 bits per heavy atom. The Bertz CT molecular complexity index is 235. The average Bonchev–Trinajstić information content (AvgIpc) is 1.85. The fraction of sp³-hybridized carbons (Fsp3) is 0.250. The lowest BCUT2D eigenvalue weighted by Crippen LogP contribution is -1.95. The lowest BCUT2D eigenvalue weighted by molar-refractivity contribution is 0.149. The SMILES string of the molecule is [O]c1cccc(CC(F)F)c1. The topological polar surface area (TPSA) is 19.9 Å². The van der Waals surface area contributed by atoms with Gasteiger partial charge in [0.2, 0.25) is 6.43 Å². The van der Waals surface area contributed by atoms with Gasteiger partial charge in [-0.05, 0) is 17.7 Å². The van der Waals surface area contributed by atoms with Crippen LogP contribution in [0.4, 0.5) is 8.78 Å². The number of alkyl halides is 2. The summed E-state index contributed by atoms with van der Waals surface area (Å²) in [6.45, 7) is 0. The average molecular weight is 157 g/mol. The van der Waals surface area contributed by atoms with E-state index in [1.165, 1.54) is 24.3 Å². The predicted molar refractivity (Wildman–Crippen MR) is 36.3 cm³/mol. The normalized spacial score (nSPS) is 10.5. The summed E-state index contributed by atoms with van der Waals surface area (Å²) in [5.41, 5.74) is 0.396. The minimum atomic E-state index is -2.38. The summed E-state index contributed by atoms with van der Waals surface area (Å²) in [6.07, 6.45) is -2.72. The fourth-order valence-corrected chi connectivity index (χ4v) is 0.851. The van der Waals surface area contributed by atoms with Gasteiger partial charge in [-0.1, -0.05) is 12.1 Å². The van der Waals surface area contributed by atoms with E-state index >= 15 is 0 Å². The van der Waals surface area contributed by atoms with Gasteiger partial charge in [-0.15, -0.1) is 0 Å². The molecule has 0 aliphatic carbocycles. The second-order valence-corrected chi connectivity index (χ2v) is 2.24. The van der Waals surface area contributed by atoms with Crippen molar-refractivity contribution >= 4 is 0 Å².